The number of likely N-dealkylation sites (tertiary alicyclic amines) is 1. The minimum Gasteiger partial charge on any atom is -0.356 e. The zero-order chi connectivity index (χ0) is 23.0. The molecule has 1 N–H and O–H groups in total. The van der Waals surface area contributed by atoms with Crippen LogP contribution in [0.15, 0.2) is 62.4 Å². The van der Waals surface area contributed by atoms with Gasteiger partial charge in [0.05, 0.1) is 12.5 Å². The molecule has 8 heteroatoms. The van der Waals surface area contributed by atoms with E-state index in [2.05, 4.69) is 67.5 Å². The Morgan fingerprint density at radius 1 is 1.27 bits per heavy atom. The van der Waals surface area contributed by atoms with Crippen LogP contribution in [0.4, 0.5) is 0 Å². The number of halogens is 1. The van der Waals surface area contributed by atoms with Gasteiger partial charge in [0.25, 0.3) is 0 Å². The predicted molar refractivity (Wildman–Crippen MR) is 135 cm³/mol. The lowest BCUT2D eigenvalue weighted by Gasteiger charge is -2.30. The van der Waals surface area contributed by atoms with Gasteiger partial charge in [-0.05, 0) is 62.7 Å². The average Bonchev–Trinajstić information content (AvgIpc) is 3.28. The van der Waals surface area contributed by atoms with E-state index in [-0.39, 0.29) is 11.8 Å². The van der Waals surface area contributed by atoms with Gasteiger partial charge in [-0.15, -0.1) is 11.8 Å². The zero-order valence-electron chi connectivity index (χ0n) is 18.8. The number of piperidine rings is 1. The maximum absolute atomic E-state index is 12.7. The molecule has 174 valence electrons. The van der Waals surface area contributed by atoms with Crippen LogP contribution in [0.5, 0.6) is 0 Å². The standard InChI is InChI=1S/C25H29BrN4O2S/c1-18-8-10-22(11-9-18)33-14-4-12-27-25(31)20-6-3-13-30(16-20)17-23-28-24(29-32-23)19-5-2-7-21(26)15-19/h2,5,7-11,15,20H,3-4,6,12-14,16-17H2,1H3,(H,27,31). The van der Waals surface area contributed by atoms with Crippen LogP contribution < -0.4 is 5.32 Å². The van der Waals surface area contributed by atoms with Crippen molar-refractivity contribution in [2.75, 3.05) is 25.4 Å². The summed E-state index contributed by atoms with van der Waals surface area (Å²) in [4.78, 5) is 20.7. The highest BCUT2D eigenvalue weighted by atomic mass is 79.9. The van der Waals surface area contributed by atoms with E-state index in [1.165, 1.54) is 10.5 Å². The Labute approximate surface area is 207 Å². The number of nitrogens with zero attached hydrogens (tertiary/aromatic N) is 3. The number of rotatable bonds is 9. The molecule has 1 amide bonds. The first kappa shape index (κ1) is 24.0. The number of carbonyl (C=O) groups excluding carboxylic acids is 1. The van der Waals surface area contributed by atoms with Gasteiger partial charge in [-0.1, -0.05) is 50.9 Å². The fourth-order valence-corrected chi connectivity index (χ4v) is 5.17. The number of nitrogens with one attached hydrogen (secondary N) is 1. The van der Waals surface area contributed by atoms with Crippen LogP contribution in [0.3, 0.4) is 0 Å². The molecule has 3 aromatic rings. The van der Waals surface area contributed by atoms with Crippen LogP contribution >= 0.6 is 27.7 Å². The topological polar surface area (TPSA) is 71.3 Å². The minimum atomic E-state index is 0.0102. The summed E-state index contributed by atoms with van der Waals surface area (Å²) in [6.07, 6.45) is 2.88. The van der Waals surface area contributed by atoms with E-state index >= 15 is 0 Å². The highest BCUT2D eigenvalue weighted by Crippen LogP contribution is 2.23. The first-order chi connectivity index (χ1) is 16.1. The highest BCUT2D eigenvalue weighted by molar-refractivity contribution is 9.10. The Balaban J connectivity index is 1.19. The number of aromatic nitrogens is 2. The summed E-state index contributed by atoms with van der Waals surface area (Å²) in [5.41, 5.74) is 2.19. The van der Waals surface area contributed by atoms with Crippen molar-refractivity contribution in [3.8, 4) is 11.4 Å². The van der Waals surface area contributed by atoms with E-state index in [9.17, 15) is 4.79 Å². The second kappa shape index (κ2) is 11.8. The first-order valence-corrected chi connectivity index (χ1v) is 13.1. The molecule has 2 heterocycles. The monoisotopic (exact) mass is 528 g/mol. The summed E-state index contributed by atoms with van der Waals surface area (Å²) in [7, 11) is 0. The fraction of sp³-hybridized carbons (Fsp3) is 0.400. The second-order valence-corrected chi connectivity index (χ2v) is 10.5. The van der Waals surface area contributed by atoms with Gasteiger partial charge < -0.3 is 9.84 Å². The number of thioether (sulfide) groups is 1. The molecule has 1 saturated heterocycles. The van der Waals surface area contributed by atoms with E-state index < -0.39 is 0 Å². The number of benzene rings is 2. The normalized spacial score (nSPS) is 16.6. The van der Waals surface area contributed by atoms with E-state index in [0.717, 1.165) is 48.1 Å². The molecule has 1 fully saturated rings. The zero-order valence-corrected chi connectivity index (χ0v) is 21.2. The summed E-state index contributed by atoms with van der Waals surface area (Å²) in [5.74, 6) is 2.33. The van der Waals surface area contributed by atoms with Crippen LogP contribution in [0, 0.1) is 12.8 Å². The van der Waals surface area contributed by atoms with Gasteiger partial charge in [0, 0.05) is 28.0 Å². The Morgan fingerprint density at radius 2 is 2.12 bits per heavy atom. The van der Waals surface area contributed by atoms with Crippen molar-refractivity contribution in [3.05, 3.63) is 64.5 Å². The summed E-state index contributed by atoms with van der Waals surface area (Å²) in [6, 6.07) is 16.4. The van der Waals surface area contributed by atoms with Crippen molar-refractivity contribution < 1.29 is 9.32 Å². The van der Waals surface area contributed by atoms with Gasteiger partial charge in [-0.2, -0.15) is 4.98 Å². The Kier molecular flexibility index (Phi) is 8.58. The lowest BCUT2D eigenvalue weighted by Crippen LogP contribution is -2.43. The lowest BCUT2D eigenvalue weighted by molar-refractivity contribution is -0.126. The third-order valence-electron chi connectivity index (χ3n) is 5.70. The van der Waals surface area contributed by atoms with Gasteiger partial charge in [0.1, 0.15) is 0 Å². The number of aryl methyl sites for hydroxylation is 1. The molecule has 6 nitrogen and oxygen atoms in total. The van der Waals surface area contributed by atoms with E-state index in [0.29, 0.717) is 24.8 Å². The fourth-order valence-electron chi connectivity index (χ4n) is 3.92. The minimum absolute atomic E-state index is 0.0102. The molecule has 0 saturated carbocycles. The van der Waals surface area contributed by atoms with Crippen molar-refractivity contribution in [1.82, 2.24) is 20.4 Å². The molecule has 1 aliphatic heterocycles. The van der Waals surface area contributed by atoms with Crippen molar-refractivity contribution >= 4 is 33.6 Å². The first-order valence-electron chi connectivity index (χ1n) is 11.3. The molecule has 0 bridgehead atoms. The van der Waals surface area contributed by atoms with Crippen LogP contribution in [0.1, 0.15) is 30.7 Å². The van der Waals surface area contributed by atoms with E-state index in [1.807, 2.05) is 36.0 Å². The van der Waals surface area contributed by atoms with E-state index in [4.69, 9.17) is 4.52 Å². The van der Waals surface area contributed by atoms with Crippen molar-refractivity contribution in [2.24, 2.45) is 5.92 Å². The summed E-state index contributed by atoms with van der Waals surface area (Å²) in [6.45, 7) is 5.04. The lowest BCUT2D eigenvalue weighted by atomic mass is 9.97. The number of hydrogen-bond acceptors (Lipinski definition) is 6. The van der Waals surface area contributed by atoms with Gasteiger partial charge in [-0.3, -0.25) is 9.69 Å². The molecule has 1 aromatic heterocycles. The molecule has 2 aromatic carbocycles. The molecular weight excluding hydrogens is 500 g/mol. The van der Waals surface area contributed by atoms with Crippen LogP contribution in [-0.2, 0) is 11.3 Å². The summed E-state index contributed by atoms with van der Waals surface area (Å²) in [5, 5.41) is 7.24. The SMILES string of the molecule is Cc1ccc(SCCCNC(=O)C2CCCN(Cc3nc(-c4cccc(Br)c4)no3)C2)cc1. The van der Waals surface area contributed by atoms with Crippen molar-refractivity contribution in [2.45, 2.75) is 37.6 Å². The highest BCUT2D eigenvalue weighted by Gasteiger charge is 2.26. The quantitative estimate of drug-likeness (QED) is 0.299. The smallest absolute Gasteiger partial charge is 0.241 e. The molecule has 0 radical (unpaired) electrons. The molecule has 4 rings (SSSR count). The Hall–Kier alpha value is -2.16. The number of amides is 1. The van der Waals surface area contributed by atoms with Crippen LogP contribution in [-0.4, -0.2) is 46.3 Å². The molecule has 1 aliphatic rings. The van der Waals surface area contributed by atoms with Crippen LogP contribution in [0.2, 0.25) is 0 Å². The molecular formula is C25H29BrN4O2S. The molecule has 0 aliphatic carbocycles. The van der Waals surface area contributed by atoms with Gasteiger partial charge in [0.2, 0.25) is 17.6 Å². The maximum Gasteiger partial charge on any atom is 0.241 e. The third-order valence-corrected chi connectivity index (χ3v) is 7.29. The Bertz CT molecular complexity index is 1060. The van der Waals surface area contributed by atoms with Gasteiger partial charge >= 0.3 is 0 Å². The molecule has 1 unspecified atom stereocenters. The largest absolute Gasteiger partial charge is 0.356 e. The number of carbonyl (C=O) groups is 1. The van der Waals surface area contributed by atoms with E-state index in [1.54, 1.807) is 0 Å². The number of hydrogen-bond donors (Lipinski definition) is 1. The molecule has 0 spiro atoms. The van der Waals surface area contributed by atoms with Gasteiger partial charge in [-0.25, -0.2) is 0 Å². The Morgan fingerprint density at radius 3 is 2.94 bits per heavy atom. The average molecular weight is 530 g/mol. The maximum atomic E-state index is 12.7. The van der Waals surface area contributed by atoms with Crippen LogP contribution in [0.25, 0.3) is 11.4 Å². The molecule has 33 heavy (non-hydrogen) atoms. The third kappa shape index (κ3) is 7.16. The second-order valence-electron chi connectivity index (χ2n) is 8.40. The van der Waals surface area contributed by atoms with Gasteiger partial charge in [0.15, 0.2) is 0 Å². The summed E-state index contributed by atoms with van der Waals surface area (Å²) >= 11 is 5.31. The molecule has 1 atom stereocenters. The van der Waals surface area contributed by atoms with Crippen molar-refractivity contribution in [1.29, 1.82) is 0 Å². The summed E-state index contributed by atoms with van der Waals surface area (Å²) < 4.78 is 6.45. The van der Waals surface area contributed by atoms with Crippen molar-refractivity contribution in [3.63, 3.8) is 0 Å². The predicted octanol–water partition coefficient (Wildman–Crippen LogP) is 5.32.